The fourth-order valence-electron chi connectivity index (χ4n) is 2.84. The molecule has 0 bridgehead atoms. The van der Waals surface area contributed by atoms with Crippen LogP contribution in [0.1, 0.15) is 25.7 Å². The Morgan fingerprint density at radius 2 is 1.96 bits per heavy atom. The molecule has 0 spiro atoms. The molecule has 0 unspecified atom stereocenters. The van der Waals surface area contributed by atoms with Crippen LogP contribution in [-0.2, 0) is 6.42 Å². The molecule has 0 aliphatic carbocycles. The number of hydrogen-bond acceptors (Lipinski definition) is 4. The maximum atomic E-state index is 12.6. The summed E-state index contributed by atoms with van der Waals surface area (Å²) in [5.74, 6) is -1.21. The smallest absolute Gasteiger partial charge is 0.337 e. The van der Waals surface area contributed by atoms with E-state index in [0.717, 1.165) is 15.6 Å². The third kappa shape index (κ3) is 3.00. The number of Topliss-reactive ketones (excluding diaryl/α,β-unsaturated/α-hetero) is 1. The molecule has 0 saturated carbocycles. The molecule has 0 saturated heterocycles. The van der Waals surface area contributed by atoms with Gasteiger partial charge in [0.25, 0.3) is 0 Å². The number of rotatable bonds is 5. The van der Waals surface area contributed by atoms with Gasteiger partial charge in [0.05, 0.1) is 23.0 Å². The topological polar surface area (TPSA) is 83.3 Å². The summed E-state index contributed by atoms with van der Waals surface area (Å²) in [5, 5.41) is 11.5. The zero-order valence-corrected chi connectivity index (χ0v) is 15.7. The van der Waals surface area contributed by atoms with E-state index in [-0.39, 0.29) is 17.8 Å². The molecule has 2 N–H and O–H groups in total. The first-order valence-electron chi connectivity index (χ1n) is 7.72. The molecule has 3 aromatic heterocycles. The van der Waals surface area contributed by atoms with Crippen LogP contribution in [0, 0.1) is 0 Å². The molecule has 0 radical (unpaired) electrons. The van der Waals surface area contributed by atoms with E-state index < -0.39 is 5.97 Å². The first kappa shape index (κ1) is 16.8. The van der Waals surface area contributed by atoms with E-state index >= 15 is 0 Å². The number of ketones is 1. The number of carboxylic acid groups (broad SMARTS) is 1. The zero-order chi connectivity index (χ0) is 18.3. The molecular formula is C19H12BrNO4S. The molecule has 26 heavy (non-hydrogen) atoms. The van der Waals surface area contributed by atoms with Gasteiger partial charge in [-0.1, -0.05) is 28.1 Å². The Kier molecular flexibility index (Phi) is 4.26. The molecule has 130 valence electrons. The van der Waals surface area contributed by atoms with Gasteiger partial charge in [0.15, 0.2) is 11.4 Å². The van der Waals surface area contributed by atoms with E-state index in [0.29, 0.717) is 21.7 Å². The van der Waals surface area contributed by atoms with Crippen LogP contribution in [0.15, 0.2) is 56.9 Å². The quantitative estimate of drug-likeness (QED) is 0.417. The van der Waals surface area contributed by atoms with E-state index in [4.69, 9.17) is 4.42 Å². The molecule has 4 rings (SSSR count). The van der Waals surface area contributed by atoms with Gasteiger partial charge in [0, 0.05) is 33.5 Å². The minimum atomic E-state index is -1.03. The molecule has 0 amide bonds. The van der Waals surface area contributed by atoms with Crippen molar-refractivity contribution in [3.8, 4) is 11.1 Å². The lowest BCUT2D eigenvalue weighted by Crippen LogP contribution is -2.07. The van der Waals surface area contributed by atoms with Crippen molar-refractivity contribution in [3.63, 3.8) is 0 Å². The second kappa shape index (κ2) is 6.59. The monoisotopic (exact) mass is 429 g/mol. The molecule has 0 atom stereocenters. The number of H-pyrrole nitrogens is 1. The lowest BCUT2D eigenvalue weighted by Gasteiger charge is -2.04. The van der Waals surface area contributed by atoms with E-state index in [2.05, 4.69) is 20.9 Å². The first-order chi connectivity index (χ1) is 12.5. The maximum absolute atomic E-state index is 12.6. The van der Waals surface area contributed by atoms with Gasteiger partial charge >= 0.3 is 5.97 Å². The van der Waals surface area contributed by atoms with Gasteiger partial charge in [-0.3, -0.25) is 4.79 Å². The Morgan fingerprint density at radius 3 is 2.65 bits per heavy atom. The second-order valence-corrected chi connectivity index (χ2v) is 7.62. The summed E-state index contributed by atoms with van der Waals surface area (Å²) in [5.41, 5.74) is 3.37. The van der Waals surface area contributed by atoms with Crippen LogP contribution < -0.4 is 0 Å². The lowest BCUT2D eigenvalue weighted by atomic mass is 10.0. The molecule has 0 aliphatic heterocycles. The van der Waals surface area contributed by atoms with Gasteiger partial charge in [-0.15, -0.1) is 11.3 Å². The Hall–Kier alpha value is -2.64. The normalized spacial score (nSPS) is 11.1. The minimum Gasteiger partial charge on any atom is -0.478 e. The van der Waals surface area contributed by atoms with Crippen LogP contribution in [-0.4, -0.2) is 21.8 Å². The number of furan rings is 1. The third-order valence-electron chi connectivity index (χ3n) is 4.10. The molecule has 5 nitrogen and oxygen atoms in total. The Labute approximate surface area is 160 Å². The second-order valence-electron chi connectivity index (χ2n) is 5.74. The van der Waals surface area contributed by atoms with Gasteiger partial charge in [0.1, 0.15) is 0 Å². The number of aromatic carboxylic acids is 1. The van der Waals surface area contributed by atoms with Crippen LogP contribution in [0.5, 0.6) is 0 Å². The molecule has 4 aromatic rings. The predicted octanol–water partition coefficient (Wildman–Crippen LogP) is 5.38. The lowest BCUT2D eigenvalue weighted by molar-refractivity contribution is 0.0697. The molecule has 7 heteroatoms. The standard InChI is InChI=1S/C19H12BrNO4S/c20-11-3-1-10(2-4-11)12-9-26-17(18(12)19(23)24)8-15(22)14-7-16-13(21-14)5-6-25-16/h1-7,9,21H,8H2,(H,23,24). The highest BCUT2D eigenvalue weighted by molar-refractivity contribution is 9.10. The Morgan fingerprint density at radius 1 is 1.19 bits per heavy atom. The molecule has 3 heterocycles. The van der Waals surface area contributed by atoms with Crippen molar-refractivity contribution in [1.29, 1.82) is 0 Å². The van der Waals surface area contributed by atoms with Crippen LogP contribution >= 0.6 is 27.3 Å². The maximum Gasteiger partial charge on any atom is 0.337 e. The van der Waals surface area contributed by atoms with Crippen molar-refractivity contribution in [2.45, 2.75) is 6.42 Å². The number of halogens is 1. The van der Waals surface area contributed by atoms with Gasteiger partial charge in [-0.2, -0.15) is 0 Å². The highest BCUT2D eigenvalue weighted by Gasteiger charge is 2.22. The van der Waals surface area contributed by atoms with Gasteiger partial charge in [-0.05, 0) is 23.1 Å². The largest absolute Gasteiger partial charge is 0.478 e. The third-order valence-corrected chi connectivity index (χ3v) is 5.61. The molecule has 1 aromatic carbocycles. The number of nitrogens with one attached hydrogen (secondary N) is 1. The average Bonchev–Trinajstić information content (AvgIpc) is 3.29. The summed E-state index contributed by atoms with van der Waals surface area (Å²) in [6.45, 7) is 0. The van der Waals surface area contributed by atoms with Crippen LogP contribution in [0.3, 0.4) is 0 Å². The van der Waals surface area contributed by atoms with E-state index in [1.807, 2.05) is 24.3 Å². The summed E-state index contributed by atoms with van der Waals surface area (Å²) in [7, 11) is 0. The first-order valence-corrected chi connectivity index (χ1v) is 9.39. The zero-order valence-electron chi connectivity index (χ0n) is 13.3. The molecular weight excluding hydrogens is 418 g/mol. The number of carbonyl (C=O) groups excluding carboxylic acids is 1. The van der Waals surface area contributed by atoms with Crippen molar-refractivity contribution >= 4 is 50.1 Å². The summed E-state index contributed by atoms with van der Waals surface area (Å²) < 4.78 is 6.17. The predicted molar refractivity (Wildman–Crippen MR) is 103 cm³/mol. The van der Waals surface area contributed by atoms with Crippen LogP contribution in [0.25, 0.3) is 22.2 Å². The number of fused-ring (bicyclic) bond motifs is 1. The van der Waals surface area contributed by atoms with Crippen LogP contribution in [0.2, 0.25) is 0 Å². The Bertz CT molecular complexity index is 1090. The molecule has 0 aliphatic rings. The summed E-state index contributed by atoms with van der Waals surface area (Å²) in [6, 6.07) is 10.8. The highest BCUT2D eigenvalue weighted by atomic mass is 79.9. The number of carbonyl (C=O) groups is 2. The fourth-order valence-corrected chi connectivity index (χ4v) is 4.15. The van der Waals surface area contributed by atoms with Crippen molar-refractivity contribution < 1.29 is 19.1 Å². The summed E-state index contributed by atoms with van der Waals surface area (Å²) in [4.78, 5) is 27.9. The van der Waals surface area contributed by atoms with Crippen molar-refractivity contribution in [2.75, 3.05) is 0 Å². The van der Waals surface area contributed by atoms with E-state index in [1.54, 1.807) is 23.8 Å². The minimum absolute atomic E-state index is 0.0198. The SMILES string of the molecule is O=C(Cc1scc(-c2ccc(Br)cc2)c1C(=O)O)c1cc2occc2[nH]1. The van der Waals surface area contributed by atoms with Crippen LogP contribution in [0.4, 0.5) is 0 Å². The highest BCUT2D eigenvalue weighted by Crippen LogP contribution is 2.33. The fraction of sp³-hybridized carbons (Fsp3) is 0.0526. The number of carboxylic acids is 1. The average molecular weight is 430 g/mol. The van der Waals surface area contributed by atoms with E-state index in [9.17, 15) is 14.7 Å². The van der Waals surface area contributed by atoms with Crippen molar-refractivity contribution in [1.82, 2.24) is 4.98 Å². The van der Waals surface area contributed by atoms with E-state index in [1.165, 1.54) is 11.3 Å². The number of aromatic amines is 1. The Balaban J connectivity index is 1.68. The van der Waals surface area contributed by atoms with Gasteiger partial charge < -0.3 is 14.5 Å². The van der Waals surface area contributed by atoms with Gasteiger partial charge in [-0.25, -0.2) is 4.79 Å². The number of aromatic nitrogens is 1. The summed E-state index contributed by atoms with van der Waals surface area (Å²) in [6.07, 6.45) is 1.56. The summed E-state index contributed by atoms with van der Waals surface area (Å²) >= 11 is 4.66. The molecule has 0 fully saturated rings. The number of hydrogen-bond donors (Lipinski definition) is 2. The van der Waals surface area contributed by atoms with Crippen molar-refractivity contribution in [2.24, 2.45) is 0 Å². The van der Waals surface area contributed by atoms with Crippen molar-refractivity contribution in [3.05, 3.63) is 68.6 Å². The number of thiophene rings is 1. The van der Waals surface area contributed by atoms with Gasteiger partial charge in [0.2, 0.25) is 0 Å². The number of benzene rings is 1.